The summed E-state index contributed by atoms with van der Waals surface area (Å²) in [6, 6.07) is 13.2. The van der Waals surface area contributed by atoms with E-state index < -0.39 is 0 Å². The van der Waals surface area contributed by atoms with Crippen LogP contribution in [-0.4, -0.2) is 12.1 Å². The lowest BCUT2D eigenvalue weighted by Gasteiger charge is -2.04. The number of hydrogen-bond acceptors (Lipinski definition) is 4. The zero-order valence-corrected chi connectivity index (χ0v) is 14.0. The molecule has 1 heterocycles. The second-order valence-electron chi connectivity index (χ2n) is 4.52. The van der Waals surface area contributed by atoms with Gasteiger partial charge in [0.15, 0.2) is 5.13 Å². The first-order valence-corrected chi connectivity index (χ1v) is 8.11. The average molecular weight is 351 g/mol. The van der Waals surface area contributed by atoms with Crippen molar-refractivity contribution in [3.05, 3.63) is 57.9 Å². The van der Waals surface area contributed by atoms with Crippen LogP contribution < -0.4 is 10.1 Å². The van der Waals surface area contributed by atoms with Gasteiger partial charge in [-0.25, -0.2) is 4.98 Å². The van der Waals surface area contributed by atoms with Gasteiger partial charge in [0, 0.05) is 16.6 Å². The fraction of sp³-hybridized carbons (Fsp3) is 0.0625. The van der Waals surface area contributed by atoms with Crippen molar-refractivity contribution >= 4 is 45.4 Å². The van der Waals surface area contributed by atoms with Crippen molar-refractivity contribution < 1.29 is 4.74 Å². The number of aromatic nitrogens is 1. The average Bonchev–Trinajstić information content (AvgIpc) is 2.99. The highest BCUT2D eigenvalue weighted by Gasteiger charge is 2.06. The molecular weight excluding hydrogens is 339 g/mol. The van der Waals surface area contributed by atoms with Crippen LogP contribution in [0.4, 0.5) is 10.8 Å². The van der Waals surface area contributed by atoms with Crippen LogP contribution in [0.2, 0.25) is 10.0 Å². The number of hydrogen-bond donors (Lipinski definition) is 1. The number of rotatable bonds is 4. The topological polar surface area (TPSA) is 34.1 Å². The number of methoxy groups -OCH3 is 1. The zero-order chi connectivity index (χ0) is 15.5. The molecule has 0 aliphatic heterocycles. The third-order valence-corrected chi connectivity index (χ3v) is 4.56. The lowest BCUT2D eigenvalue weighted by molar-refractivity contribution is 0.415. The molecular formula is C16H12Cl2N2OS. The van der Waals surface area contributed by atoms with E-state index in [1.807, 2.05) is 35.7 Å². The predicted molar refractivity (Wildman–Crippen MR) is 93.8 cm³/mol. The van der Waals surface area contributed by atoms with Crippen molar-refractivity contribution in [3.63, 3.8) is 0 Å². The van der Waals surface area contributed by atoms with Gasteiger partial charge in [0.2, 0.25) is 0 Å². The predicted octanol–water partition coefficient (Wildman–Crippen LogP) is 5.87. The number of anilines is 2. The van der Waals surface area contributed by atoms with Gasteiger partial charge in [-0.05, 0) is 42.5 Å². The molecule has 3 aromatic rings. The second kappa shape index (κ2) is 6.57. The van der Waals surface area contributed by atoms with Crippen LogP contribution in [0.5, 0.6) is 5.75 Å². The summed E-state index contributed by atoms with van der Waals surface area (Å²) in [6.07, 6.45) is 0. The third kappa shape index (κ3) is 3.35. The van der Waals surface area contributed by atoms with Gasteiger partial charge >= 0.3 is 0 Å². The number of nitrogens with one attached hydrogen (secondary N) is 1. The Kier molecular flexibility index (Phi) is 4.52. The molecule has 3 rings (SSSR count). The summed E-state index contributed by atoms with van der Waals surface area (Å²) in [4.78, 5) is 4.57. The Morgan fingerprint density at radius 1 is 1.05 bits per heavy atom. The molecule has 0 aliphatic rings. The Morgan fingerprint density at radius 2 is 1.82 bits per heavy atom. The van der Waals surface area contributed by atoms with E-state index in [4.69, 9.17) is 27.9 Å². The largest absolute Gasteiger partial charge is 0.497 e. The minimum Gasteiger partial charge on any atom is -0.497 e. The molecule has 0 unspecified atom stereocenters. The summed E-state index contributed by atoms with van der Waals surface area (Å²) in [5, 5.41) is 7.07. The highest BCUT2D eigenvalue weighted by atomic mass is 35.5. The standard InChI is InChI=1S/C16H12Cl2N2OS/c1-21-12-5-2-10(3-6-12)15-9-22-16(20-15)19-11-4-7-13(17)14(18)8-11/h2-9H,1H3,(H,19,20). The van der Waals surface area contributed by atoms with E-state index in [0.717, 1.165) is 27.8 Å². The van der Waals surface area contributed by atoms with Gasteiger partial charge in [-0.1, -0.05) is 23.2 Å². The van der Waals surface area contributed by atoms with Crippen molar-refractivity contribution in [2.75, 3.05) is 12.4 Å². The molecule has 3 nitrogen and oxygen atoms in total. The maximum absolute atomic E-state index is 6.01. The van der Waals surface area contributed by atoms with Crippen LogP contribution in [0.15, 0.2) is 47.8 Å². The molecule has 0 spiro atoms. The van der Waals surface area contributed by atoms with Gasteiger partial charge in [0.05, 0.1) is 22.8 Å². The normalized spacial score (nSPS) is 10.5. The van der Waals surface area contributed by atoms with Crippen LogP contribution in [0.3, 0.4) is 0 Å². The lowest BCUT2D eigenvalue weighted by atomic mass is 10.2. The van der Waals surface area contributed by atoms with E-state index in [-0.39, 0.29) is 0 Å². The highest BCUT2D eigenvalue weighted by molar-refractivity contribution is 7.14. The molecule has 0 saturated heterocycles. The maximum Gasteiger partial charge on any atom is 0.187 e. The van der Waals surface area contributed by atoms with Gasteiger partial charge in [0.25, 0.3) is 0 Å². The number of nitrogens with zero attached hydrogens (tertiary/aromatic N) is 1. The first-order chi connectivity index (χ1) is 10.7. The number of ether oxygens (including phenoxy) is 1. The van der Waals surface area contributed by atoms with Crippen LogP contribution in [0.25, 0.3) is 11.3 Å². The summed E-state index contributed by atoms with van der Waals surface area (Å²) >= 11 is 13.4. The van der Waals surface area contributed by atoms with Gasteiger partial charge in [-0.3, -0.25) is 0 Å². The molecule has 0 radical (unpaired) electrons. The summed E-state index contributed by atoms with van der Waals surface area (Å²) in [5.74, 6) is 0.827. The Morgan fingerprint density at radius 3 is 2.50 bits per heavy atom. The summed E-state index contributed by atoms with van der Waals surface area (Å²) < 4.78 is 5.16. The molecule has 6 heteroatoms. The molecule has 112 valence electrons. The highest BCUT2D eigenvalue weighted by Crippen LogP contribution is 2.30. The van der Waals surface area contributed by atoms with Crippen molar-refractivity contribution in [1.82, 2.24) is 4.98 Å². The quantitative estimate of drug-likeness (QED) is 0.638. The maximum atomic E-state index is 6.01. The van der Waals surface area contributed by atoms with Gasteiger partial charge in [-0.2, -0.15) is 0 Å². The second-order valence-corrected chi connectivity index (χ2v) is 6.19. The minimum atomic E-state index is 0.513. The summed E-state index contributed by atoms with van der Waals surface area (Å²) in [6.45, 7) is 0. The first-order valence-electron chi connectivity index (χ1n) is 6.48. The molecule has 2 aromatic carbocycles. The Balaban J connectivity index is 1.79. The van der Waals surface area contributed by atoms with Crippen molar-refractivity contribution in [1.29, 1.82) is 0 Å². The molecule has 22 heavy (non-hydrogen) atoms. The molecule has 0 saturated carbocycles. The third-order valence-electron chi connectivity index (χ3n) is 3.06. The van der Waals surface area contributed by atoms with Crippen LogP contribution >= 0.6 is 34.5 Å². The van der Waals surface area contributed by atoms with Crippen molar-refractivity contribution in [3.8, 4) is 17.0 Å². The van der Waals surface area contributed by atoms with E-state index in [0.29, 0.717) is 10.0 Å². The molecule has 0 bridgehead atoms. The molecule has 0 fully saturated rings. The number of halogens is 2. The summed E-state index contributed by atoms with van der Waals surface area (Å²) in [5.41, 5.74) is 2.81. The van der Waals surface area contributed by atoms with Crippen LogP contribution in [-0.2, 0) is 0 Å². The van der Waals surface area contributed by atoms with E-state index in [2.05, 4.69) is 10.3 Å². The molecule has 0 atom stereocenters. The Bertz CT molecular complexity index is 787. The van der Waals surface area contributed by atoms with Crippen LogP contribution in [0.1, 0.15) is 0 Å². The van der Waals surface area contributed by atoms with Crippen molar-refractivity contribution in [2.45, 2.75) is 0 Å². The summed E-state index contributed by atoms with van der Waals surface area (Å²) in [7, 11) is 1.65. The zero-order valence-electron chi connectivity index (χ0n) is 11.6. The van der Waals surface area contributed by atoms with E-state index >= 15 is 0 Å². The number of thiazole rings is 1. The fourth-order valence-electron chi connectivity index (χ4n) is 1.92. The smallest absolute Gasteiger partial charge is 0.187 e. The molecule has 0 amide bonds. The number of benzene rings is 2. The molecule has 0 aliphatic carbocycles. The van der Waals surface area contributed by atoms with E-state index in [1.165, 1.54) is 11.3 Å². The van der Waals surface area contributed by atoms with E-state index in [9.17, 15) is 0 Å². The molecule has 1 aromatic heterocycles. The SMILES string of the molecule is COc1ccc(-c2csc(Nc3ccc(Cl)c(Cl)c3)n2)cc1. The van der Waals surface area contributed by atoms with Gasteiger partial charge in [-0.15, -0.1) is 11.3 Å². The van der Waals surface area contributed by atoms with E-state index in [1.54, 1.807) is 19.2 Å². The fourth-order valence-corrected chi connectivity index (χ4v) is 2.96. The minimum absolute atomic E-state index is 0.513. The monoisotopic (exact) mass is 350 g/mol. The van der Waals surface area contributed by atoms with Gasteiger partial charge < -0.3 is 10.1 Å². The molecule has 1 N–H and O–H groups in total. The lowest BCUT2D eigenvalue weighted by Crippen LogP contribution is -1.89. The van der Waals surface area contributed by atoms with Gasteiger partial charge in [0.1, 0.15) is 5.75 Å². The Labute approximate surface area is 142 Å². The Hall–Kier alpha value is -1.75. The first kappa shape index (κ1) is 15.2. The van der Waals surface area contributed by atoms with Crippen LogP contribution in [0, 0.1) is 0 Å². The van der Waals surface area contributed by atoms with Crippen molar-refractivity contribution in [2.24, 2.45) is 0 Å².